The second-order valence-corrected chi connectivity index (χ2v) is 4.39. The maximum absolute atomic E-state index is 5.70. The van der Waals surface area contributed by atoms with Crippen molar-refractivity contribution in [2.75, 3.05) is 13.1 Å². The first-order valence-corrected chi connectivity index (χ1v) is 6.24. The molecule has 0 aromatic carbocycles. The van der Waals surface area contributed by atoms with E-state index in [1.165, 1.54) is 5.56 Å². The van der Waals surface area contributed by atoms with Crippen LogP contribution in [0.15, 0.2) is 21.8 Å². The summed E-state index contributed by atoms with van der Waals surface area (Å²) in [5, 5.41) is 7.32. The van der Waals surface area contributed by atoms with Crippen molar-refractivity contribution in [1.29, 1.82) is 0 Å². The number of guanidine groups is 1. The molecule has 84 valence electrons. The highest BCUT2D eigenvalue weighted by Crippen LogP contribution is 2.17. The lowest BCUT2D eigenvalue weighted by atomic mass is 10.1. The summed E-state index contributed by atoms with van der Waals surface area (Å²) in [5.41, 5.74) is 7.04. The molecule has 1 heterocycles. The van der Waals surface area contributed by atoms with Gasteiger partial charge in [0.05, 0.1) is 0 Å². The lowest BCUT2D eigenvalue weighted by Crippen LogP contribution is -2.32. The number of nitrogens with one attached hydrogen (secondary N) is 1. The highest BCUT2D eigenvalue weighted by atomic mass is 32.1. The summed E-state index contributed by atoms with van der Waals surface area (Å²) in [5.74, 6) is 0.997. The highest BCUT2D eigenvalue weighted by Gasteiger charge is 2.04. The van der Waals surface area contributed by atoms with Crippen LogP contribution in [0.2, 0.25) is 0 Å². The Labute approximate surface area is 95.4 Å². The summed E-state index contributed by atoms with van der Waals surface area (Å²) >= 11 is 1.72. The molecule has 0 aliphatic carbocycles. The van der Waals surface area contributed by atoms with E-state index in [9.17, 15) is 0 Å². The molecule has 0 spiro atoms. The van der Waals surface area contributed by atoms with Crippen molar-refractivity contribution in [1.82, 2.24) is 5.32 Å². The van der Waals surface area contributed by atoms with Crippen molar-refractivity contribution >= 4 is 17.3 Å². The molecule has 1 aromatic rings. The zero-order chi connectivity index (χ0) is 11.1. The van der Waals surface area contributed by atoms with E-state index in [1.54, 1.807) is 11.3 Å². The van der Waals surface area contributed by atoms with Gasteiger partial charge in [0.2, 0.25) is 0 Å². The molecule has 0 aliphatic rings. The van der Waals surface area contributed by atoms with Gasteiger partial charge in [0.1, 0.15) is 0 Å². The molecule has 0 fully saturated rings. The molecule has 3 nitrogen and oxygen atoms in total. The molecule has 3 N–H and O–H groups in total. The predicted molar refractivity (Wildman–Crippen MR) is 67.5 cm³/mol. The van der Waals surface area contributed by atoms with Gasteiger partial charge >= 0.3 is 0 Å². The van der Waals surface area contributed by atoms with Crippen molar-refractivity contribution in [3.63, 3.8) is 0 Å². The van der Waals surface area contributed by atoms with Crippen LogP contribution >= 0.6 is 11.3 Å². The Hall–Kier alpha value is -1.03. The Morgan fingerprint density at radius 3 is 3.07 bits per heavy atom. The smallest absolute Gasteiger partial charge is 0.188 e. The fraction of sp³-hybridized carbons (Fsp3) is 0.545. The minimum atomic E-state index is 0.443. The van der Waals surface area contributed by atoms with Gasteiger partial charge in [0.25, 0.3) is 0 Å². The average Bonchev–Trinajstić information content (AvgIpc) is 2.76. The summed E-state index contributed by atoms with van der Waals surface area (Å²) in [6, 6.07) is 2.14. The molecule has 0 radical (unpaired) electrons. The normalized spacial score (nSPS) is 13.9. The third-order valence-corrected chi connectivity index (χ3v) is 2.91. The van der Waals surface area contributed by atoms with Crippen LogP contribution in [0.4, 0.5) is 0 Å². The van der Waals surface area contributed by atoms with Crippen molar-refractivity contribution in [2.45, 2.75) is 26.2 Å². The van der Waals surface area contributed by atoms with Crippen LogP contribution in [0.3, 0.4) is 0 Å². The molecule has 0 aliphatic heterocycles. The standard InChI is InChI=1S/C11H19N3S/c1-3-5-13-11(12)14-7-9(2)10-4-6-15-8-10/h4,6,8-9H,3,5,7H2,1-2H3,(H3,12,13,14). The number of rotatable bonds is 5. The first kappa shape index (κ1) is 12.0. The van der Waals surface area contributed by atoms with Crippen LogP contribution in [0, 0.1) is 0 Å². The van der Waals surface area contributed by atoms with Crippen molar-refractivity contribution < 1.29 is 0 Å². The van der Waals surface area contributed by atoms with Crippen LogP contribution in [-0.2, 0) is 0 Å². The van der Waals surface area contributed by atoms with Crippen molar-refractivity contribution in [2.24, 2.45) is 10.7 Å². The van der Waals surface area contributed by atoms with E-state index in [0.29, 0.717) is 11.9 Å². The van der Waals surface area contributed by atoms with E-state index < -0.39 is 0 Å². The highest BCUT2D eigenvalue weighted by molar-refractivity contribution is 7.07. The van der Waals surface area contributed by atoms with Crippen LogP contribution in [0.25, 0.3) is 0 Å². The van der Waals surface area contributed by atoms with Gasteiger partial charge in [0, 0.05) is 19.0 Å². The van der Waals surface area contributed by atoms with Crippen LogP contribution in [0.5, 0.6) is 0 Å². The molecule has 0 bridgehead atoms. The number of hydrogen-bond donors (Lipinski definition) is 2. The molecule has 1 unspecified atom stereocenters. The number of aliphatic imine (C=N–C) groups is 1. The average molecular weight is 225 g/mol. The maximum Gasteiger partial charge on any atom is 0.188 e. The van der Waals surface area contributed by atoms with Crippen LogP contribution in [0.1, 0.15) is 31.7 Å². The van der Waals surface area contributed by atoms with E-state index >= 15 is 0 Å². The van der Waals surface area contributed by atoms with Gasteiger partial charge in [-0.1, -0.05) is 13.8 Å². The van der Waals surface area contributed by atoms with E-state index in [-0.39, 0.29) is 0 Å². The Bertz CT molecular complexity index is 293. The number of hydrogen-bond acceptors (Lipinski definition) is 2. The maximum atomic E-state index is 5.70. The third kappa shape index (κ3) is 4.34. The lowest BCUT2D eigenvalue weighted by Gasteiger charge is -2.07. The second kappa shape index (κ2) is 6.45. The quantitative estimate of drug-likeness (QED) is 0.596. The molecule has 15 heavy (non-hydrogen) atoms. The van der Waals surface area contributed by atoms with Gasteiger partial charge < -0.3 is 11.1 Å². The summed E-state index contributed by atoms with van der Waals surface area (Å²) in [6.07, 6.45) is 1.07. The number of nitrogens with two attached hydrogens (primary N) is 1. The van der Waals surface area contributed by atoms with Gasteiger partial charge in [-0.2, -0.15) is 11.3 Å². The van der Waals surface area contributed by atoms with Gasteiger partial charge in [-0.3, -0.25) is 4.99 Å². The fourth-order valence-corrected chi connectivity index (χ4v) is 1.99. The Morgan fingerprint density at radius 2 is 2.47 bits per heavy atom. The zero-order valence-corrected chi connectivity index (χ0v) is 10.2. The van der Waals surface area contributed by atoms with Crippen molar-refractivity contribution in [3.05, 3.63) is 22.4 Å². The number of thiophene rings is 1. The largest absolute Gasteiger partial charge is 0.370 e. The minimum Gasteiger partial charge on any atom is -0.370 e. The van der Waals surface area contributed by atoms with Gasteiger partial charge in [-0.05, 0) is 28.8 Å². The van der Waals surface area contributed by atoms with Crippen molar-refractivity contribution in [3.8, 4) is 0 Å². The number of nitrogens with zero attached hydrogens (tertiary/aromatic N) is 1. The molecule has 0 amide bonds. The van der Waals surface area contributed by atoms with Gasteiger partial charge in [0.15, 0.2) is 5.96 Å². The lowest BCUT2D eigenvalue weighted by molar-refractivity contribution is 0.762. The SMILES string of the molecule is CCCNC(N)=NCC(C)c1ccsc1. The van der Waals surface area contributed by atoms with Crippen LogP contribution < -0.4 is 11.1 Å². The summed E-state index contributed by atoms with van der Waals surface area (Å²) < 4.78 is 0. The first-order valence-electron chi connectivity index (χ1n) is 5.30. The topological polar surface area (TPSA) is 50.4 Å². The Kier molecular flexibility index (Phi) is 5.18. The molecular formula is C11H19N3S. The Morgan fingerprint density at radius 1 is 1.67 bits per heavy atom. The molecule has 1 rings (SSSR count). The third-order valence-electron chi connectivity index (χ3n) is 2.20. The van der Waals surface area contributed by atoms with E-state index in [0.717, 1.165) is 19.5 Å². The first-order chi connectivity index (χ1) is 7.24. The minimum absolute atomic E-state index is 0.443. The Balaban J connectivity index is 2.35. The molecule has 0 saturated heterocycles. The van der Waals surface area contributed by atoms with Gasteiger partial charge in [-0.25, -0.2) is 0 Å². The van der Waals surface area contributed by atoms with E-state index in [1.807, 2.05) is 0 Å². The summed E-state index contributed by atoms with van der Waals surface area (Å²) in [6.45, 7) is 5.91. The molecule has 1 atom stereocenters. The predicted octanol–water partition coefficient (Wildman–Crippen LogP) is 2.17. The fourth-order valence-electron chi connectivity index (χ4n) is 1.21. The molecule has 4 heteroatoms. The monoisotopic (exact) mass is 225 g/mol. The summed E-state index contributed by atoms with van der Waals surface area (Å²) in [4.78, 5) is 4.31. The zero-order valence-electron chi connectivity index (χ0n) is 9.36. The van der Waals surface area contributed by atoms with E-state index in [2.05, 4.69) is 41.0 Å². The van der Waals surface area contributed by atoms with Crippen LogP contribution in [-0.4, -0.2) is 19.0 Å². The van der Waals surface area contributed by atoms with E-state index in [4.69, 9.17) is 5.73 Å². The molecular weight excluding hydrogens is 206 g/mol. The summed E-state index contributed by atoms with van der Waals surface area (Å²) in [7, 11) is 0. The second-order valence-electron chi connectivity index (χ2n) is 3.61. The molecule has 0 saturated carbocycles. The molecule has 1 aromatic heterocycles. The van der Waals surface area contributed by atoms with Gasteiger partial charge in [-0.15, -0.1) is 0 Å².